The van der Waals surface area contributed by atoms with Crippen molar-refractivity contribution in [2.75, 3.05) is 13.7 Å². The molecule has 24 heavy (non-hydrogen) atoms. The zero-order chi connectivity index (χ0) is 17.7. The summed E-state index contributed by atoms with van der Waals surface area (Å²) in [5.74, 6) is -0.302. The average Bonchev–Trinajstić information content (AvgIpc) is 2.55. The molecule has 0 bridgehead atoms. The number of methoxy groups -OCH3 is 1. The van der Waals surface area contributed by atoms with Crippen molar-refractivity contribution in [1.29, 1.82) is 0 Å². The predicted molar refractivity (Wildman–Crippen MR) is 88.6 cm³/mol. The Bertz CT molecular complexity index is 770. The molecule has 1 amide bonds. The summed E-state index contributed by atoms with van der Waals surface area (Å²) in [6.45, 7) is 3.65. The first-order valence-electron chi connectivity index (χ1n) is 7.29. The van der Waals surface area contributed by atoms with Gasteiger partial charge in [-0.3, -0.25) is 4.79 Å². The van der Waals surface area contributed by atoms with Crippen LogP contribution in [-0.4, -0.2) is 25.6 Å². The number of ether oxygens (including phenoxy) is 3. The van der Waals surface area contributed by atoms with E-state index in [2.05, 4.69) is 0 Å². The Hall–Kier alpha value is -3.02. The van der Waals surface area contributed by atoms with Gasteiger partial charge in [-0.25, -0.2) is 4.79 Å². The third kappa shape index (κ3) is 4.25. The van der Waals surface area contributed by atoms with Crippen molar-refractivity contribution >= 4 is 11.9 Å². The molecule has 0 spiro atoms. The number of esters is 1. The number of benzene rings is 2. The third-order valence-electron chi connectivity index (χ3n) is 3.51. The van der Waals surface area contributed by atoms with E-state index in [4.69, 9.17) is 19.9 Å². The van der Waals surface area contributed by atoms with Gasteiger partial charge in [0.25, 0.3) is 5.91 Å². The number of carbonyl (C=O) groups excluding carboxylic acids is 2. The van der Waals surface area contributed by atoms with Gasteiger partial charge in [0.1, 0.15) is 17.2 Å². The molecule has 0 unspecified atom stereocenters. The van der Waals surface area contributed by atoms with Gasteiger partial charge < -0.3 is 19.9 Å². The highest BCUT2D eigenvalue weighted by Gasteiger charge is 2.15. The minimum atomic E-state index is -0.699. The van der Waals surface area contributed by atoms with E-state index >= 15 is 0 Å². The fourth-order valence-electron chi connectivity index (χ4n) is 2.02. The second-order valence-corrected chi connectivity index (χ2v) is 5.24. The molecule has 0 saturated carbocycles. The number of hydrogen-bond donors (Lipinski definition) is 1. The van der Waals surface area contributed by atoms with E-state index in [0.29, 0.717) is 11.5 Å². The van der Waals surface area contributed by atoms with Crippen LogP contribution < -0.4 is 19.9 Å². The molecule has 0 atom stereocenters. The number of aryl methyl sites for hydroxylation is 2. The number of carbonyl (C=O) groups is 2. The normalized spacial score (nSPS) is 10.1. The van der Waals surface area contributed by atoms with Gasteiger partial charge >= 0.3 is 5.97 Å². The summed E-state index contributed by atoms with van der Waals surface area (Å²) >= 11 is 0. The summed E-state index contributed by atoms with van der Waals surface area (Å²) in [7, 11) is 1.47. The van der Waals surface area contributed by atoms with Gasteiger partial charge in [-0.1, -0.05) is 6.07 Å². The van der Waals surface area contributed by atoms with Crippen LogP contribution in [0.1, 0.15) is 21.5 Å². The molecule has 2 N–H and O–H groups in total. The molecule has 2 rings (SSSR count). The number of nitrogens with two attached hydrogens (primary N) is 1. The molecule has 6 heteroatoms. The monoisotopic (exact) mass is 329 g/mol. The van der Waals surface area contributed by atoms with Crippen molar-refractivity contribution in [3.05, 3.63) is 53.1 Å². The van der Waals surface area contributed by atoms with Crippen LogP contribution in [0.5, 0.6) is 17.2 Å². The Labute approximate surface area is 140 Å². The molecule has 0 saturated heterocycles. The number of rotatable bonds is 6. The summed E-state index contributed by atoms with van der Waals surface area (Å²) < 4.78 is 15.6. The van der Waals surface area contributed by atoms with Crippen molar-refractivity contribution < 1.29 is 23.8 Å². The van der Waals surface area contributed by atoms with Crippen LogP contribution in [-0.2, 0) is 4.79 Å². The highest BCUT2D eigenvalue weighted by atomic mass is 16.6. The molecular formula is C18H19NO5. The van der Waals surface area contributed by atoms with E-state index in [9.17, 15) is 9.59 Å². The van der Waals surface area contributed by atoms with Crippen LogP contribution in [0.25, 0.3) is 0 Å². The molecule has 0 aliphatic heterocycles. The molecule has 2 aromatic rings. The van der Waals surface area contributed by atoms with Gasteiger partial charge in [0.15, 0.2) is 6.61 Å². The maximum atomic E-state index is 12.0. The van der Waals surface area contributed by atoms with Gasteiger partial charge in [0.2, 0.25) is 0 Å². The van der Waals surface area contributed by atoms with E-state index in [1.165, 1.54) is 19.2 Å². The van der Waals surface area contributed by atoms with Gasteiger partial charge in [-0.2, -0.15) is 0 Å². The van der Waals surface area contributed by atoms with Crippen LogP contribution in [0, 0.1) is 13.8 Å². The van der Waals surface area contributed by atoms with Crippen molar-refractivity contribution in [2.45, 2.75) is 13.8 Å². The lowest BCUT2D eigenvalue weighted by molar-refractivity contribution is -0.136. The maximum absolute atomic E-state index is 12.0. The molecule has 6 nitrogen and oxygen atoms in total. The Balaban J connectivity index is 2.06. The van der Waals surface area contributed by atoms with Crippen LogP contribution in [0.2, 0.25) is 0 Å². The van der Waals surface area contributed by atoms with Crippen molar-refractivity contribution in [3.63, 3.8) is 0 Å². The average molecular weight is 329 g/mol. The maximum Gasteiger partial charge on any atom is 0.349 e. The number of hydrogen-bond acceptors (Lipinski definition) is 5. The summed E-state index contributed by atoms with van der Waals surface area (Å²) in [5, 5.41) is 0. The molecule has 0 radical (unpaired) electrons. The Morgan fingerprint density at radius 2 is 1.71 bits per heavy atom. The lowest BCUT2D eigenvalue weighted by atomic mass is 10.1. The second kappa shape index (κ2) is 7.50. The zero-order valence-corrected chi connectivity index (χ0v) is 13.8. The quantitative estimate of drug-likeness (QED) is 0.649. The molecule has 0 aromatic heterocycles. The van der Waals surface area contributed by atoms with E-state index in [-0.39, 0.29) is 17.9 Å². The van der Waals surface area contributed by atoms with Crippen LogP contribution in [0.4, 0.5) is 0 Å². The Kier molecular flexibility index (Phi) is 5.42. The SMILES string of the molecule is COc1ccc(C(N)=O)c(OC(=O)COc2ccc(C)c(C)c2)c1. The lowest BCUT2D eigenvalue weighted by Gasteiger charge is -2.11. The van der Waals surface area contributed by atoms with E-state index in [1.807, 2.05) is 26.0 Å². The first-order valence-corrected chi connectivity index (χ1v) is 7.29. The standard InChI is InChI=1S/C18H19NO5/c1-11-4-5-14(8-12(11)2)23-10-17(20)24-16-9-13(22-3)6-7-15(16)18(19)21/h4-9H,10H2,1-3H3,(H2,19,21). The summed E-state index contributed by atoms with van der Waals surface area (Å²) in [6.07, 6.45) is 0. The largest absolute Gasteiger partial charge is 0.497 e. The Morgan fingerprint density at radius 3 is 2.33 bits per heavy atom. The van der Waals surface area contributed by atoms with Gasteiger partial charge in [-0.15, -0.1) is 0 Å². The molecular weight excluding hydrogens is 310 g/mol. The molecule has 0 aliphatic carbocycles. The molecule has 2 aromatic carbocycles. The topological polar surface area (TPSA) is 87.9 Å². The zero-order valence-electron chi connectivity index (χ0n) is 13.8. The fraction of sp³-hybridized carbons (Fsp3) is 0.222. The summed E-state index contributed by atoms with van der Waals surface area (Å²) in [5.41, 5.74) is 7.56. The van der Waals surface area contributed by atoms with E-state index in [1.54, 1.807) is 12.1 Å². The summed E-state index contributed by atoms with van der Waals surface area (Å²) in [4.78, 5) is 23.4. The first-order chi connectivity index (χ1) is 11.4. The third-order valence-corrected chi connectivity index (χ3v) is 3.51. The van der Waals surface area contributed by atoms with Crippen molar-refractivity contribution in [2.24, 2.45) is 5.73 Å². The molecule has 0 fully saturated rings. The minimum Gasteiger partial charge on any atom is -0.497 e. The number of primary amides is 1. The van der Waals surface area contributed by atoms with E-state index in [0.717, 1.165) is 11.1 Å². The van der Waals surface area contributed by atoms with Gasteiger partial charge in [0.05, 0.1) is 12.7 Å². The lowest BCUT2D eigenvalue weighted by Crippen LogP contribution is -2.20. The number of amides is 1. The van der Waals surface area contributed by atoms with Crippen LogP contribution in [0.3, 0.4) is 0 Å². The molecule has 126 valence electrons. The summed E-state index contributed by atoms with van der Waals surface area (Å²) in [6, 6.07) is 9.94. The molecule has 0 aliphatic rings. The van der Waals surface area contributed by atoms with Gasteiger partial charge in [-0.05, 0) is 49.2 Å². The first kappa shape index (κ1) is 17.3. The highest BCUT2D eigenvalue weighted by Crippen LogP contribution is 2.25. The van der Waals surface area contributed by atoms with Crippen LogP contribution in [0.15, 0.2) is 36.4 Å². The molecule has 0 heterocycles. The smallest absolute Gasteiger partial charge is 0.349 e. The van der Waals surface area contributed by atoms with Crippen molar-refractivity contribution in [1.82, 2.24) is 0 Å². The Morgan fingerprint density at radius 1 is 1.00 bits per heavy atom. The predicted octanol–water partition coefficient (Wildman–Crippen LogP) is 2.40. The minimum absolute atomic E-state index is 0.0375. The van der Waals surface area contributed by atoms with E-state index < -0.39 is 11.9 Å². The second-order valence-electron chi connectivity index (χ2n) is 5.24. The van der Waals surface area contributed by atoms with Gasteiger partial charge in [0, 0.05) is 6.07 Å². The van der Waals surface area contributed by atoms with Crippen LogP contribution >= 0.6 is 0 Å². The van der Waals surface area contributed by atoms with Crippen molar-refractivity contribution in [3.8, 4) is 17.2 Å². The highest BCUT2D eigenvalue weighted by molar-refractivity contribution is 5.96. The fourth-order valence-corrected chi connectivity index (χ4v) is 2.02.